The number of amides is 1. The summed E-state index contributed by atoms with van der Waals surface area (Å²) < 4.78 is 0. The SMILES string of the molecule is O=C(CC1CCN(CCCCO)CC1)N1CCCC1. The number of nitrogens with zero attached hydrogens (tertiary/aromatic N) is 2. The van der Waals surface area contributed by atoms with Gasteiger partial charge in [0.25, 0.3) is 0 Å². The van der Waals surface area contributed by atoms with Crippen LogP contribution < -0.4 is 0 Å². The molecule has 0 radical (unpaired) electrons. The lowest BCUT2D eigenvalue weighted by Gasteiger charge is -2.32. The zero-order chi connectivity index (χ0) is 13.5. The monoisotopic (exact) mass is 268 g/mol. The van der Waals surface area contributed by atoms with Crippen molar-refractivity contribution < 1.29 is 9.90 Å². The van der Waals surface area contributed by atoms with Crippen molar-refractivity contribution in [2.75, 3.05) is 39.3 Å². The van der Waals surface area contributed by atoms with Gasteiger partial charge in [-0.05, 0) is 64.1 Å². The molecule has 0 unspecified atom stereocenters. The third-order valence-corrected chi connectivity index (χ3v) is 4.51. The van der Waals surface area contributed by atoms with Gasteiger partial charge < -0.3 is 14.9 Å². The number of hydrogen-bond acceptors (Lipinski definition) is 3. The van der Waals surface area contributed by atoms with Gasteiger partial charge in [0.15, 0.2) is 0 Å². The van der Waals surface area contributed by atoms with Gasteiger partial charge in [0.2, 0.25) is 5.91 Å². The highest BCUT2D eigenvalue weighted by atomic mass is 16.2. The van der Waals surface area contributed by atoms with E-state index < -0.39 is 0 Å². The summed E-state index contributed by atoms with van der Waals surface area (Å²) >= 11 is 0. The van der Waals surface area contributed by atoms with Crippen LogP contribution in [0.1, 0.15) is 44.9 Å². The number of aliphatic hydroxyl groups excluding tert-OH is 1. The van der Waals surface area contributed by atoms with Crippen LogP contribution in [0, 0.1) is 5.92 Å². The van der Waals surface area contributed by atoms with Crippen molar-refractivity contribution in [3.8, 4) is 0 Å². The maximum Gasteiger partial charge on any atom is 0.222 e. The van der Waals surface area contributed by atoms with E-state index in [0.29, 0.717) is 18.4 Å². The van der Waals surface area contributed by atoms with Crippen LogP contribution in [-0.4, -0.2) is 60.1 Å². The second kappa shape index (κ2) is 7.85. The van der Waals surface area contributed by atoms with Gasteiger partial charge in [0, 0.05) is 26.1 Å². The van der Waals surface area contributed by atoms with Crippen molar-refractivity contribution in [2.45, 2.75) is 44.9 Å². The van der Waals surface area contributed by atoms with E-state index in [1.54, 1.807) is 0 Å². The molecule has 0 spiro atoms. The lowest BCUT2D eigenvalue weighted by molar-refractivity contribution is -0.131. The standard InChI is InChI=1S/C15H28N2O2/c18-12-4-3-7-16-10-5-14(6-11-16)13-15(19)17-8-1-2-9-17/h14,18H,1-13H2. The van der Waals surface area contributed by atoms with Gasteiger partial charge in [-0.2, -0.15) is 0 Å². The first-order valence-electron chi connectivity index (χ1n) is 7.90. The molecule has 2 aliphatic heterocycles. The van der Waals surface area contributed by atoms with Gasteiger partial charge in [-0.25, -0.2) is 0 Å². The van der Waals surface area contributed by atoms with Gasteiger partial charge >= 0.3 is 0 Å². The van der Waals surface area contributed by atoms with E-state index in [1.807, 2.05) is 4.90 Å². The molecule has 0 aromatic rings. The Morgan fingerprint density at radius 2 is 1.74 bits per heavy atom. The Bertz CT molecular complexity index is 269. The normalized spacial score (nSPS) is 22.1. The lowest BCUT2D eigenvalue weighted by Crippen LogP contribution is -2.37. The lowest BCUT2D eigenvalue weighted by atomic mass is 9.93. The van der Waals surface area contributed by atoms with E-state index >= 15 is 0 Å². The molecule has 2 fully saturated rings. The predicted octanol–water partition coefficient (Wildman–Crippen LogP) is 1.48. The summed E-state index contributed by atoms with van der Waals surface area (Å²) in [5.74, 6) is 0.985. The summed E-state index contributed by atoms with van der Waals surface area (Å²) in [6, 6.07) is 0. The van der Waals surface area contributed by atoms with E-state index in [1.165, 1.54) is 25.7 Å². The van der Waals surface area contributed by atoms with Crippen LogP contribution >= 0.6 is 0 Å². The van der Waals surface area contributed by atoms with E-state index in [4.69, 9.17) is 5.11 Å². The van der Waals surface area contributed by atoms with Gasteiger partial charge in [0.1, 0.15) is 0 Å². The number of unbranched alkanes of at least 4 members (excludes halogenated alkanes) is 1. The fourth-order valence-corrected chi connectivity index (χ4v) is 3.20. The molecule has 0 aromatic carbocycles. The van der Waals surface area contributed by atoms with Crippen molar-refractivity contribution in [3.63, 3.8) is 0 Å². The number of likely N-dealkylation sites (tertiary alicyclic amines) is 2. The number of piperidine rings is 1. The number of carbonyl (C=O) groups excluding carboxylic acids is 1. The topological polar surface area (TPSA) is 43.8 Å². The van der Waals surface area contributed by atoms with Gasteiger partial charge in [-0.3, -0.25) is 4.79 Å². The molecule has 1 N–H and O–H groups in total. The molecular weight excluding hydrogens is 240 g/mol. The quantitative estimate of drug-likeness (QED) is 0.742. The highest BCUT2D eigenvalue weighted by Gasteiger charge is 2.24. The van der Waals surface area contributed by atoms with Crippen LogP contribution in [0.25, 0.3) is 0 Å². The van der Waals surface area contributed by atoms with Crippen LogP contribution in [0.3, 0.4) is 0 Å². The summed E-state index contributed by atoms with van der Waals surface area (Å²) in [6.07, 6.45) is 7.48. The van der Waals surface area contributed by atoms with E-state index in [0.717, 1.165) is 52.0 Å². The fraction of sp³-hybridized carbons (Fsp3) is 0.933. The summed E-state index contributed by atoms with van der Waals surface area (Å²) in [7, 11) is 0. The summed E-state index contributed by atoms with van der Waals surface area (Å²) in [5.41, 5.74) is 0. The zero-order valence-corrected chi connectivity index (χ0v) is 12.0. The molecular formula is C15H28N2O2. The molecule has 2 rings (SSSR count). The Kier molecular flexibility index (Phi) is 6.11. The van der Waals surface area contributed by atoms with Crippen molar-refractivity contribution in [1.29, 1.82) is 0 Å². The maximum absolute atomic E-state index is 12.1. The zero-order valence-electron chi connectivity index (χ0n) is 12.0. The minimum Gasteiger partial charge on any atom is -0.396 e. The first kappa shape index (κ1) is 14.8. The number of aliphatic hydroxyl groups is 1. The van der Waals surface area contributed by atoms with Crippen LogP contribution in [0.4, 0.5) is 0 Å². The molecule has 4 heteroatoms. The number of carbonyl (C=O) groups is 1. The Balaban J connectivity index is 1.61. The van der Waals surface area contributed by atoms with E-state index in [2.05, 4.69) is 4.90 Å². The number of hydrogen-bond donors (Lipinski definition) is 1. The third-order valence-electron chi connectivity index (χ3n) is 4.51. The van der Waals surface area contributed by atoms with E-state index in [-0.39, 0.29) is 0 Å². The van der Waals surface area contributed by atoms with Crippen LogP contribution in [0.2, 0.25) is 0 Å². The average Bonchev–Trinajstić information content (AvgIpc) is 2.95. The van der Waals surface area contributed by atoms with Crippen molar-refractivity contribution in [2.24, 2.45) is 5.92 Å². The van der Waals surface area contributed by atoms with Crippen molar-refractivity contribution >= 4 is 5.91 Å². The molecule has 2 saturated heterocycles. The molecule has 1 amide bonds. The average molecular weight is 268 g/mol. The highest BCUT2D eigenvalue weighted by molar-refractivity contribution is 5.76. The molecule has 2 aliphatic rings. The Morgan fingerprint density at radius 3 is 2.37 bits per heavy atom. The smallest absolute Gasteiger partial charge is 0.222 e. The van der Waals surface area contributed by atoms with Crippen LogP contribution in [-0.2, 0) is 4.79 Å². The molecule has 2 heterocycles. The molecule has 110 valence electrons. The first-order valence-corrected chi connectivity index (χ1v) is 7.90. The summed E-state index contributed by atoms with van der Waals surface area (Å²) in [5, 5.41) is 8.78. The molecule has 0 bridgehead atoms. The molecule has 0 saturated carbocycles. The Morgan fingerprint density at radius 1 is 1.05 bits per heavy atom. The highest BCUT2D eigenvalue weighted by Crippen LogP contribution is 2.22. The van der Waals surface area contributed by atoms with E-state index in [9.17, 15) is 4.79 Å². The molecule has 19 heavy (non-hydrogen) atoms. The predicted molar refractivity (Wildman–Crippen MR) is 75.9 cm³/mol. The second-order valence-electron chi connectivity index (χ2n) is 6.01. The summed E-state index contributed by atoms with van der Waals surface area (Å²) in [4.78, 5) is 16.6. The molecule has 4 nitrogen and oxygen atoms in total. The van der Waals surface area contributed by atoms with Crippen molar-refractivity contribution in [3.05, 3.63) is 0 Å². The Labute approximate surface area is 116 Å². The first-order chi connectivity index (χ1) is 9.29. The van der Waals surface area contributed by atoms with Gasteiger partial charge in [-0.15, -0.1) is 0 Å². The largest absolute Gasteiger partial charge is 0.396 e. The van der Waals surface area contributed by atoms with Crippen LogP contribution in [0.15, 0.2) is 0 Å². The molecule has 0 aliphatic carbocycles. The van der Waals surface area contributed by atoms with Crippen molar-refractivity contribution in [1.82, 2.24) is 9.80 Å². The maximum atomic E-state index is 12.1. The van der Waals surface area contributed by atoms with Gasteiger partial charge in [-0.1, -0.05) is 0 Å². The minimum atomic E-state index is 0.306. The second-order valence-corrected chi connectivity index (χ2v) is 6.01. The third kappa shape index (κ3) is 4.77. The molecule has 0 atom stereocenters. The number of rotatable bonds is 6. The fourth-order valence-electron chi connectivity index (χ4n) is 3.20. The molecule has 0 aromatic heterocycles. The van der Waals surface area contributed by atoms with Gasteiger partial charge in [0.05, 0.1) is 0 Å². The van der Waals surface area contributed by atoms with Crippen LogP contribution in [0.5, 0.6) is 0 Å². The minimum absolute atomic E-state index is 0.306. The Hall–Kier alpha value is -0.610. The summed E-state index contributed by atoms with van der Waals surface area (Å²) in [6.45, 7) is 5.64.